The molecule has 0 aliphatic rings. The minimum Gasteiger partial charge on any atom is -0.478 e. The number of halogens is 3. The van der Waals surface area contributed by atoms with Crippen molar-refractivity contribution >= 4 is 5.97 Å². The summed E-state index contributed by atoms with van der Waals surface area (Å²) >= 11 is 0. The van der Waals surface area contributed by atoms with Gasteiger partial charge in [-0.1, -0.05) is 0 Å². The van der Waals surface area contributed by atoms with Crippen LogP contribution < -0.4 is 5.32 Å². The molecule has 0 spiro atoms. The number of carboxylic acid groups (broad SMARTS) is 1. The molecule has 0 heterocycles. The van der Waals surface area contributed by atoms with E-state index in [0.29, 0.717) is 0 Å². The van der Waals surface area contributed by atoms with Crippen LogP contribution in [0.3, 0.4) is 0 Å². The second-order valence-electron chi connectivity index (χ2n) is 3.75. The van der Waals surface area contributed by atoms with Crippen LogP contribution in [0.25, 0.3) is 0 Å². The SMILES string of the molecule is O=C(O)c1ccc(F)c(CNCCOCC(F)F)c1. The van der Waals surface area contributed by atoms with Crippen LogP contribution in [-0.4, -0.2) is 37.3 Å². The molecule has 0 aliphatic heterocycles. The minimum atomic E-state index is -2.51. The van der Waals surface area contributed by atoms with Crippen LogP contribution in [0.15, 0.2) is 18.2 Å². The van der Waals surface area contributed by atoms with Gasteiger partial charge < -0.3 is 15.2 Å². The number of benzene rings is 1. The van der Waals surface area contributed by atoms with Gasteiger partial charge in [0.05, 0.1) is 12.2 Å². The van der Waals surface area contributed by atoms with Gasteiger partial charge in [0.15, 0.2) is 0 Å². The second kappa shape index (κ2) is 7.75. The van der Waals surface area contributed by atoms with Crippen molar-refractivity contribution in [2.45, 2.75) is 13.0 Å². The lowest BCUT2D eigenvalue weighted by Crippen LogP contribution is -2.21. The Morgan fingerprint density at radius 2 is 2.16 bits per heavy atom. The molecule has 0 fully saturated rings. The smallest absolute Gasteiger partial charge is 0.335 e. The van der Waals surface area contributed by atoms with Gasteiger partial charge in [-0.2, -0.15) is 0 Å². The van der Waals surface area contributed by atoms with E-state index in [1.54, 1.807) is 0 Å². The number of hydrogen-bond donors (Lipinski definition) is 2. The summed E-state index contributed by atoms with van der Waals surface area (Å²) < 4.78 is 41.4. The van der Waals surface area contributed by atoms with Crippen LogP contribution in [0.5, 0.6) is 0 Å². The van der Waals surface area contributed by atoms with E-state index in [2.05, 4.69) is 10.1 Å². The first-order valence-electron chi connectivity index (χ1n) is 5.59. The number of nitrogens with one attached hydrogen (secondary N) is 1. The van der Waals surface area contributed by atoms with Crippen LogP contribution in [0, 0.1) is 5.82 Å². The van der Waals surface area contributed by atoms with Gasteiger partial charge in [-0.3, -0.25) is 0 Å². The van der Waals surface area contributed by atoms with Crippen LogP contribution in [0.4, 0.5) is 13.2 Å². The molecule has 2 N–H and O–H groups in total. The zero-order chi connectivity index (χ0) is 14.3. The summed E-state index contributed by atoms with van der Waals surface area (Å²) in [5, 5.41) is 11.5. The molecular formula is C12H14F3NO3. The lowest BCUT2D eigenvalue weighted by atomic mass is 10.1. The third-order valence-corrected chi connectivity index (χ3v) is 2.28. The Morgan fingerprint density at radius 1 is 1.42 bits per heavy atom. The minimum absolute atomic E-state index is 0.00727. The molecule has 7 heteroatoms. The average Bonchev–Trinajstić information content (AvgIpc) is 2.34. The van der Waals surface area contributed by atoms with Gasteiger partial charge in [0.1, 0.15) is 12.4 Å². The quantitative estimate of drug-likeness (QED) is 0.712. The molecule has 19 heavy (non-hydrogen) atoms. The summed E-state index contributed by atoms with van der Waals surface area (Å²) in [5.74, 6) is -1.66. The zero-order valence-electron chi connectivity index (χ0n) is 10.0. The Morgan fingerprint density at radius 3 is 2.79 bits per heavy atom. The highest BCUT2D eigenvalue weighted by Crippen LogP contribution is 2.10. The van der Waals surface area contributed by atoms with E-state index >= 15 is 0 Å². The number of carboxylic acids is 1. The van der Waals surface area contributed by atoms with Gasteiger partial charge >= 0.3 is 5.97 Å². The summed E-state index contributed by atoms with van der Waals surface area (Å²) in [7, 11) is 0. The Kier molecular flexibility index (Phi) is 6.31. The molecule has 0 saturated heterocycles. The highest BCUT2D eigenvalue weighted by atomic mass is 19.3. The van der Waals surface area contributed by atoms with E-state index in [1.807, 2.05) is 0 Å². The van der Waals surface area contributed by atoms with E-state index < -0.39 is 24.8 Å². The number of aromatic carboxylic acids is 1. The Labute approximate surface area is 108 Å². The fourth-order valence-corrected chi connectivity index (χ4v) is 1.38. The van der Waals surface area contributed by atoms with Crippen molar-refractivity contribution < 1.29 is 27.8 Å². The second-order valence-corrected chi connectivity index (χ2v) is 3.75. The third-order valence-electron chi connectivity index (χ3n) is 2.28. The van der Waals surface area contributed by atoms with Crippen LogP contribution >= 0.6 is 0 Å². The standard InChI is InChI=1S/C12H14F3NO3/c13-10-2-1-8(12(17)18)5-9(10)6-16-3-4-19-7-11(14)15/h1-2,5,11,16H,3-4,6-7H2,(H,17,18). The normalized spacial score (nSPS) is 10.9. The van der Waals surface area contributed by atoms with Gasteiger partial charge in [-0.05, 0) is 18.2 Å². The summed E-state index contributed by atoms with van der Waals surface area (Å²) in [6.45, 7) is -0.191. The molecule has 4 nitrogen and oxygen atoms in total. The van der Waals surface area contributed by atoms with Crippen molar-refractivity contribution in [3.8, 4) is 0 Å². The first-order chi connectivity index (χ1) is 9.00. The Bertz CT molecular complexity index is 427. The molecule has 1 aromatic rings. The van der Waals surface area contributed by atoms with Crippen molar-refractivity contribution in [1.29, 1.82) is 0 Å². The number of hydrogen-bond acceptors (Lipinski definition) is 3. The predicted molar refractivity (Wildman–Crippen MR) is 61.9 cm³/mol. The lowest BCUT2D eigenvalue weighted by molar-refractivity contribution is 0.0187. The van der Waals surface area contributed by atoms with E-state index in [0.717, 1.165) is 6.07 Å². The molecule has 0 bridgehead atoms. The number of rotatable bonds is 8. The third kappa shape index (κ3) is 5.71. The Hall–Kier alpha value is -1.60. The first-order valence-corrected chi connectivity index (χ1v) is 5.59. The van der Waals surface area contributed by atoms with Crippen LogP contribution in [-0.2, 0) is 11.3 Å². The monoisotopic (exact) mass is 277 g/mol. The molecule has 0 saturated carbocycles. The molecule has 0 aromatic heterocycles. The first kappa shape index (κ1) is 15.5. The molecule has 0 radical (unpaired) electrons. The molecule has 0 aliphatic carbocycles. The van der Waals surface area contributed by atoms with Crippen molar-refractivity contribution in [2.24, 2.45) is 0 Å². The number of alkyl halides is 2. The van der Waals surface area contributed by atoms with Gasteiger partial charge in [-0.15, -0.1) is 0 Å². The van der Waals surface area contributed by atoms with Crippen LogP contribution in [0.2, 0.25) is 0 Å². The molecular weight excluding hydrogens is 263 g/mol. The van der Waals surface area contributed by atoms with Crippen LogP contribution in [0.1, 0.15) is 15.9 Å². The predicted octanol–water partition coefficient (Wildman–Crippen LogP) is 1.90. The summed E-state index contributed by atoms with van der Waals surface area (Å²) in [4.78, 5) is 10.7. The van der Waals surface area contributed by atoms with E-state index in [-0.39, 0.29) is 30.8 Å². The van der Waals surface area contributed by atoms with Gasteiger partial charge in [0.2, 0.25) is 0 Å². The molecule has 0 amide bonds. The molecule has 0 unspecified atom stereocenters. The van der Waals surface area contributed by atoms with Gasteiger partial charge in [-0.25, -0.2) is 18.0 Å². The number of carbonyl (C=O) groups is 1. The highest BCUT2D eigenvalue weighted by Gasteiger charge is 2.08. The maximum atomic E-state index is 13.4. The average molecular weight is 277 g/mol. The van der Waals surface area contributed by atoms with Crippen molar-refractivity contribution in [1.82, 2.24) is 5.32 Å². The van der Waals surface area contributed by atoms with Gasteiger partial charge in [0.25, 0.3) is 6.43 Å². The van der Waals surface area contributed by atoms with Crippen molar-refractivity contribution in [3.05, 3.63) is 35.1 Å². The van der Waals surface area contributed by atoms with E-state index in [9.17, 15) is 18.0 Å². The van der Waals surface area contributed by atoms with E-state index in [1.165, 1.54) is 12.1 Å². The molecule has 0 atom stereocenters. The highest BCUT2D eigenvalue weighted by molar-refractivity contribution is 5.87. The largest absolute Gasteiger partial charge is 0.478 e. The maximum absolute atomic E-state index is 13.4. The summed E-state index contributed by atoms with van der Waals surface area (Å²) in [6, 6.07) is 3.48. The van der Waals surface area contributed by atoms with Crippen molar-refractivity contribution in [2.75, 3.05) is 19.8 Å². The summed E-state index contributed by atoms with van der Waals surface area (Å²) in [6.07, 6.45) is -2.51. The topological polar surface area (TPSA) is 58.6 Å². The molecule has 106 valence electrons. The molecule has 1 rings (SSSR count). The maximum Gasteiger partial charge on any atom is 0.335 e. The molecule has 1 aromatic carbocycles. The fraction of sp³-hybridized carbons (Fsp3) is 0.417. The lowest BCUT2D eigenvalue weighted by Gasteiger charge is -2.07. The number of ether oxygens (including phenoxy) is 1. The summed E-state index contributed by atoms with van der Waals surface area (Å²) in [5.41, 5.74) is 0.195. The fourth-order valence-electron chi connectivity index (χ4n) is 1.38. The zero-order valence-corrected chi connectivity index (χ0v) is 10.0. The Balaban J connectivity index is 2.36. The van der Waals surface area contributed by atoms with Gasteiger partial charge in [0, 0.05) is 18.7 Å². The van der Waals surface area contributed by atoms with Crippen molar-refractivity contribution in [3.63, 3.8) is 0 Å². The van der Waals surface area contributed by atoms with E-state index in [4.69, 9.17) is 5.11 Å².